The van der Waals surface area contributed by atoms with Crippen molar-refractivity contribution in [3.63, 3.8) is 0 Å². The van der Waals surface area contributed by atoms with Gasteiger partial charge in [0.2, 0.25) is 11.2 Å². The average Bonchev–Trinajstić information content (AvgIpc) is 2.69. The molecule has 2 aromatic rings. The van der Waals surface area contributed by atoms with Gasteiger partial charge in [-0.25, -0.2) is 0 Å². The maximum Gasteiger partial charge on any atom is 0.239 e. The van der Waals surface area contributed by atoms with Gasteiger partial charge in [0.25, 0.3) is 0 Å². The van der Waals surface area contributed by atoms with Crippen LogP contribution in [-0.4, -0.2) is 45.7 Å². The summed E-state index contributed by atoms with van der Waals surface area (Å²) >= 11 is 5.88. The highest BCUT2D eigenvalue weighted by atomic mass is 35.5. The Kier molecular flexibility index (Phi) is 2.75. The number of aromatic amines is 1. The van der Waals surface area contributed by atoms with Crippen molar-refractivity contribution in [3.8, 4) is 0 Å². The molecule has 7 nitrogen and oxygen atoms in total. The number of amides is 1. The quantitative estimate of drug-likeness (QED) is 0.727. The van der Waals surface area contributed by atoms with E-state index in [1.54, 1.807) is 6.20 Å². The minimum Gasteiger partial charge on any atom is -0.354 e. The van der Waals surface area contributed by atoms with Crippen LogP contribution < -0.4 is 10.2 Å². The van der Waals surface area contributed by atoms with Crippen LogP contribution in [0.4, 0.5) is 5.82 Å². The van der Waals surface area contributed by atoms with E-state index in [-0.39, 0.29) is 17.7 Å². The van der Waals surface area contributed by atoms with E-state index in [4.69, 9.17) is 11.6 Å². The van der Waals surface area contributed by atoms with Crippen molar-refractivity contribution in [2.75, 3.05) is 24.5 Å². The van der Waals surface area contributed by atoms with Crippen LogP contribution in [0, 0.1) is 0 Å². The maximum absolute atomic E-state index is 11.6. The van der Waals surface area contributed by atoms with E-state index < -0.39 is 0 Å². The lowest BCUT2D eigenvalue weighted by Gasteiger charge is -2.20. The SMILES string of the molecule is O=C1CN(c2nc(Cl)nc3[nH]ncc23)CCCN1. The van der Waals surface area contributed by atoms with Gasteiger partial charge in [0.1, 0.15) is 5.82 Å². The Hall–Kier alpha value is -1.89. The fraction of sp³-hybridized carbons (Fsp3) is 0.400. The van der Waals surface area contributed by atoms with Crippen molar-refractivity contribution < 1.29 is 4.79 Å². The summed E-state index contributed by atoms with van der Waals surface area (Å²) in [7, 11) is 0. The molecule has 3 heterocycles. The lowest BCUT2D eigenvalue weighted by molar-refractivity contribution is -0.119. The molecule has 0 radical (unpaired) electrons. The number of carbonyl (C=O) groups is 1. The summed E-state index contributed by atoms with van der Waals surface area (Å²) in [5, 5.41) is 10.4. The summed E-state index contributed by atoms with van der Waals surface area (Å²) in [5.41, 5.74) is 0.578. The molecule has 18 heavy (non-hydrogen) atoms. The second kappa shape index (κ2) is 4.41. The van der Waals surface area contributed by atoms with Crippen molar-refractivity contribution in [2.24, 2.45) is 0 Å². The monoisotopic (exact) mass is 266 g/mol. The molecule has 0 atom stereocenters. The summed E-state index contributed by atoms with van der Waals surface area (Å²) in [6.07, 6.45) is 2.51. The standard InChI is InChI=1S/C10H11ClN6O/c11-10-14-8-6(4-13-16-8)9(15-10)17-3-1-2-12-7(18)5-17/h4H,1-3,5H2,(H,12,18)(H,13,14,15,16). The first-order valence-corrected chi connectivity index (χ1v) is 6.00. The Bertz CT molecular complexity index is 597. The summed E-state index contributed by atoms with van der Waals surface area (Å²) < 4.78 is 0. The van der Waals surface area contributed by atoms with Crippen LogP contribution >= 0.6 is 11.6 Å². The molecule has 94 valence electrons. The van der Waals surface area contributed by atoms with Gasteiger partial charge < -0.3 is 10.2 Å². The highest BCUT2D eigenvalue weighted by Gasteiger charge is 2.20. The smallest absolute Gasteiger partial charge is 0.239 e. The number of aromatic nitrogens is 4. The second-order valence-electron chi connectivity index (χ2n) is 4.07. The van der Waals surface area contributed by atoms with Crippen LogP contribution in [0.5, 0.6) is 0 Å². The number of H-pyrrole nitrogens is 1. The molecule has 0 unspecified atom stereocenters. The van der Waals surface area contributed by atoms with Crippen molar-refractivity contribution in [1.29, 1.82) is 0 Å². The number of nitrogens with zero attached hydrogens (tertiary/aromatic N) is 4. The van der Waals surface area contributed by atoms with Crippen LogP contribution in [0.25, 0.3) is 11.0 Å². The van der Waals surface area contributed by atoms with E-state index in [2.05, 4.69) is 25.5 Å². The van der Waals surface area contributed by atoms with E-state index in [0.717, 1.165) is 18.4 Å². The maximum atomic E-state index is 11.6. The Morgan fingerprint density at radius 2 is 2.28 bits per heavy atom. The highest BCUT2D eigenvalue weighted by Crippen LogP contribution is 2.24. The number of rotatable bonds is 1. The number of halogens is 1. The summed E-state index contributed by atoms with van der Waals surface area (Å²) in [4.78, 5) is 21.7. The predicted octanol–water partition coefficient (Wildman–Crippen LogP) is 0.333. The molecular weight excluding hydrogens is 256 g/mol. The van der Waals surface area contributed by atoms with Crippen molar-refractivity contribution >= 4 is 34.4 Å². The third-order valence-corrected chi connectivity index (χ3v) is 2.99. The zero-order chi connectivity index (χ0) is 12.5. The Morgan fingerprint density at radius 1 is 1.39 bits per heavy atom. The van der Waals surface area contributed by atoms with Gasteiger partial charge in [0.15, 0.2) is 5.65 Å². The molecule has 0 aromatic carbocycles. The zero-order valence-corrected chi connectivity index (χ0v) is 10.2. The zero-order valence-electron chi connectivity index (χ0n) is 9.48. The van der Waals surface area contributed by atoms with Gasteiger partial charge in [-0.3, -0.25) is 9.89 Å². The van der Waals surface area contributed by atoms with E-state index >= 15 is 0 Å². The van der Waals surface area contributed by atoms with Gasteiger partial charge in [-0.15, -0.1) is 0 Å². The molecular formula is C10H11ClN6O. The number of fused-ring (bicyclic) bond motifs is 1. The molecule has 1 aliphatic heterocycles. The molecule has 1 saturated heterocycles. The molecule has 0 aliphatic carbocycles. The number of hydrogen-bond donors (Lipinski definition) is 2. The van der Waals surface area contributed by atoms with Gasteiger partial charge in [-0.05, 0) is 18.0 Å². The van der Waals surface area contributed by atoms with Gasteiger partial charge in [-0.1, -0.05) is 0 Å². The normalized spacial score (nSPS) is 16.7. The van der Waals surface area contributed by atoms with Crippen LogP contribution in [0.2, 0.25) is 5.28 Å². The van der Waals surface area contributed by atoms with Crippen LogP contribution in [-0.2, 0) is 4.79 Å². The van der Waals surface area contributed by atoms with Crippen LogP contribution in [0.15, 0.2) is 6.20 Å². The Labute approximate surface area is 108 Å². The third kappa shape index (κ3) is 1.97. The molecule has 1 fully saturated rings. The van der Waals surface area contributed by atoms with Gasteiger partial charge in [-0.2, -0.15) is 15.1 Å². The lowest BCUT2D eigenvalue weighted by atomic mass is 10.3. The third-order valence-electron chi connectivity index (χ3n) is 2.82. The Balaban J connectivity index is 2.06. The average molecular weight is 267 g/mol. The van der Waals surface area contributed by atoms with Crippen molar-refractivity contribution in [3.05, 3.63) is 11.5 Å². The molecule has 2 aromatic heterocycles. The van der Waals surface area contributed by atoms with E-state index in [0.29, 0.717) is 18.0 Å². The minimum absolute atomic E-state index is 0.0149. The first-order valence-electron chi connectivity index (χ1n) is 5.62. The number of carbonyl (C=O) groups excluding carboxylic acids is 1. The summed E-state index contributed by atoms with van der Waals surface area (Å²) in [6, 6.07) is 0. The fourth-order valence-electron chi connectivity index (χ4n) is 2.02. The second-order valence-corrected chi connectivity index (χ2v) is 4.41. The minimum atomic E-state index is -0.0149. The van der Waals surface area contributed by atoms with Crippen molar-refractivity contribution in [1.82, 2.24) is 25.5 Å². The van der Waals surface area contributed by atoms with E-state index in [1.807, 2.05) is 4.90 Å². The first-order chi connectivity index (χ1) is 8.74. The molecule has 0 bridgehead atoms. The van der Waals surface area contributed by atoms with E-state index in [1.165, 1.54) is 0 Å². The predicted molar refractivity (Wildman–Crippen MR) is 66.5 cm³/mol. The first kappa shape index (κ1) is 11.2. The molecule has 0 saturated carbocycles. The topological polar surface area (TPSA) is 86.8 Å². The van der Waals surface area contributed by atoms with Gasteiger partial charge in [0.05, 0.1) is 18.1 Å². The number of anilines is 1. The molecule has 1 amide bonds. The molecule has 0 spiro atoms. The summed E-state index contributed by atoms with van der Waals surface area (Å²) in [6.45, 7) is 1.70. The molecule has 8 heteroatoms. The highest BCUT2D eigenvalue weighted by molar-refractivity contribution is 6.28. The molecule has 2 N–H and O–H groups in total. The number of hydrogen-bond acceptors (Lipinski definition) is 5. The lowest BCUT2D eigenvalue weighted by Crippen LogP contribution is -2.33. The van der Waals surface area contributed by atoms with Gasteiger partial charge >= 0.3 is 0 Å². The van der Waals surface area contributed by atoms with Crippen LogP contribution in [0.1, 0.15) is 6.42 Å². The number of nitrogens with one attached hydrogen (secondary N) is 2. The van der Waals surface area contributed by atoms with Crippen molar-refractivity contribution in [2.45, 2.75) is 6.42 Å². The molecule has 1 aliphatic rings. The van der Waals surface area contributed by atoms with Crippen LogP contribution in [0.3, 0.4) is 0 Å². The largest absolute Gasteiger partial charge is 0.354 e. The fourth-order valence-corrected chi connectivity index (χ4v) is 2.19. The Morgan fingerprint density at radius 3 is 3.17 bits per heavy atom. The van der Waals surface area contributed by atoms with E-state index in [9.17, 15) is 4.79 Å². The summed E-state index contributed by atoms with van der Waals surface area (Å²) in [5.74, 6) is 0.634. The molecule has 3 rings (SSSR count). The van der Waals surface area contributed by atoms with Gasteiger partial charge in [0, 0.05) is 13.1 Å².